The van der Waals surface area contributed by atoms with Crippen LogP contribution in [-0.4, -0.2) is 21.8 Å². The van der Waals surface area contributed by atoms with Gasteiger partial charge in [0.05, 0.1) is 11.3 Å². The van der Waals surface area contributed by atoms with Crippen molar-refractivity contribution in [2.45, 2.75) is 38.0 Å². The first kappa shape index (κ1) is 19.4. The number of ether oxygens (including phenoxy) is 1. The number of hydrogen-bond donors (Lipinski definition) is 1. The Balaban J connectivity index is 1.60. The van der Waals surface area contributed by atoms with Crippen molar-refractivity contribution in [1.82, 2.24) is 20.1 Å². The van der Waals surface area contributed by atoms with Gasteiger partial charge in [-0.2, -0.15) is 18.3 Å². The van der Waals surface area contributed by atoms with Crippen molar-refractivity contribution in [2.75, 3.05) is 7.05 Å². The van der Waals surface area contributed by atoms with Gasteiger partial charge < -0.3 is 10.1 Å². The van der Waals surface area contributed by atoms with E-state index in [0.29, 0.717) is 12.4 Å². The highest BCUT2D eigenvalue weighted by Gasteiger charge is 2.42. The number of nitrogens with zero attached hydrogens (tertiary/aromatic N) is 3. The molecule has 1 N–H and O–H groups in total. The van der Waals surface area contributed by atoms with Crippen LogP contribution in [0.3, 0.4) is 0 Å². The summed E-state index contributed by atoms with van der Waals surface area (Å²) >= 11 is 0. The first-order valence-electron chi connectivity index (χ1n) is 9.43. The molecular weight excluding hydrogens is 381 g/mol. The van der Waals surface area contributed by atoms with Crippen molar-refractivity contribution in [3.63, 3.8) is 0 Å². The Bertz CT molecular complexity index is 1010. The molecule has 1 fully saturated rings. The quantitative estimate of drug-likeness (QED) is 0.632. The highest BCUT2D eigenvalue weighted by Crippen LogP contribution is 2.45. The molecule has 0 spiro atoms. The molecule has 0 unspecified atom stereocenters. The Hall–Kier alpha value is -2.87. The largest absolute Gasteiger partial charge is 0.421 e. The van der Waals surface area contributed by atoms with E-state index in [1.807, 2.05) is 26.1 Å². The minimum Gasteiger partial charge on any atom is -0.421 e. The summed E-state index contributed by atoms with van der Waals surface area (Å²) in [5.41, 5.74) is 2.15. The van der Waals surface area contributed by atoms with E-state index >= 15 is 0 Å². The normalized spacial score (nSPS) is 15.3. The van der Waals surface area contributed by atoms with E-state index in [1.165, 1.54) is 11.6 Å². The van der Waals surface area contributed by atoms with E-state index in [1.54, 1.807) is 10.7 Å². The standard InChI is InChI=1S/C21H21F3N4O/c1-3-28-19(29-18-8-7-16(13-26-18)21(22,23)24)12-17(27-28)14-5-4-6-15(11-14)20(25-2)9-10-20/h4-8,11-13,25H,3,9-10H2,1-2H3. The van der Waals surface area contributed by atoms with E-state index in [-0.39, 0.29) is 11.4 Å². The molecule has 8 heteroatoms. The molecule has 0 atom stereocenters. The van der Waals surface area contributed by atoms with Crippen LogP contribution < -0.4 is 10.1 Å². The van der Waals surface area contributed by atoms with Gasteiger partial charge in [0.25, 0.3) is 0 Å². The van der Waals surface area contributed by atoms with Crippen molar-refractivity contribution in [2.24, 2.45) is 0 Å². The van der Waals surface area contributed by atoms with E-state index in [0.717, 1.165) is 36.4 Å². The van der Waals surface area contributed by atoms with Crippen molar-refractivity contribution in [1.29, 1.82) is 0 Å². The van der Waals surface area contributed by atoms with Crippen LogP contribution in [0.15, 0.2) is 48.7 Å². The molecule has 0 saturated heterocycles. The molecule has 0 radical (unpaired) electrons. The fourth-order valence-corrected chi connectivity index (χ4v) is 3.35. The maximum absolute atomic E-state index is 12.7. The van der Waals surface area contributed by atoms with Crippen LogP contribution in [0.2, 0.25) is 0 Å². The predicted molar refractivity (Wildman–Crippen MR) is 103 cm³/mol. The number of aromatic nitrogens is 3. The lowest BCUT2D eigenvalue weighted by Crippen LogP contribution is -2.24. The predicted octanol–water partition coefficient (Wildman–Crippen LogP) is 4.98. The fourth-order valence-electron chi connectivity index (χ4n) is 3.35. The molecule has 1 aliphatic carbocycles. The summed E-state index contributed by atoms with van der Waals surface area (Å²) in [6.07, 6.45) is -1.46. The third-order valence-corrected chi connectivity index (χ3v) is 5.25. The van der Waals surface area contributed by atoms with Gasteiger partial charge >= 0.3 is 6.18 Å². The topological polar surface area (TPSA) is 52.0 Å². The van der Waals surface area contributed by atoms with E-state index < -0.39 is 11.7 Å². The molecule has 1 aromatic carbocycles. The smallest absolute Gasteiger partial charge is 0.417 e. The lowest BCUT2D eigenvalue weighted by Gasteiger charge is -2.15. The number of pyridine rings is 1. The van der Waals surface area contributed by atoms with Crippen molar-refractivity contribution in [3.05, 3.63) is 59.8 Å². The zero-order chi connectivity index (χ0) is 20.6. The Morgan fingerprint density at radius 1 is 1.17 bits per heavy atom. The maximum Gasteiger partial charge on any atom is 0.417 e. The number of rotatable bonds is 6. The molecule has 5 nitrogen and oxygen atoms in total. The monoisotopic (exact) mass is 402 g/mol. The number of alkyl halides is 3. The summed E-state index contributed by atoms with van der Waals surface area (Å²) in [5.74, 6) is 0.509. The maximum atomic E-state index is 12.7. The third-order valence-electron chi connectivity index (χ3n) is 5.25. The van der Waals surface area contributed by atoms with E-state index in [9.17, 15) is 13.2 Å². The van der Waals surface area contributed by atoms with Gasteiger partial charge in [-0.3, -0.25) is 0 Å². The molecular formula is C21H21F3N4O. The molecule has 152 valence electrons. The molecule has 0 amide bonds. The first-order chi connectivity index (χ1) is 13.8. The lowest BCUT2D eigenvalue weighted by atomic mass is 10.0. The number of benzene rings is 1. The van der Waals surface area contributed by atoms with E-state index in [2.05, 4.69) is 27.5 Å². The number of aryl methyl sites for hydroxylation is 1. The summed E-state index contributed by atoms with van der Waals surface area (Å²) in [4.78, 5) is 3.77. The van der Waals surface area contributed by atoms with Gasteiger partial charge in [-0.25, -0.2) is 9.67 Å². The molecule has 2 heterocycles. The number of nitrogens with one attached hydrogen (secondary N) is 1. The highest BCUT2D eigenvalue weighted by atomic mass is 19.4. The first-order valence-corrected chi connectivity index (χ1v) is 9.43. The van der Waals surface area contributed by atoms with Crippen LogP contribution in [0.5, 0.6) is 11.8 Å². The van der Waals surface area contributed by atoms with Gasteiger partial charge in [0.15, 0.2) is 0 Å². The number of hydrogen-bond acceptors (Lipinski definition) is 4. The average molecular weight is 402 g/mol. The summed E-state index contributed by atoms with van der Waals surface area (Å²) in [6, 6.07) is 12.1. The van der Waals surface area contributed by atoms with Gasteiger partial charge in [-0.1, -0.05) is 18.2 Å². The van der Waals surface area contributed by atoms with Gasteiger partial charge in [-0.15, -0.1) is 0 Å². The zero-order valence-corrected chi connectivity index (χ0v) is 16.1. The highest BCUT2D eigenvalue weighted by molar-refractivity contribution is 5.62. The van der Waals surface area contributed by atoms with Crippen LogP contribution in [0.1, 0.15) is 30.9 Å². The molecule has 2 aromatic heterocycles. The minimum absolute atomic E-state index is 0.0484. The lowest BCUT2D eigenvalue weighted by molar-refractivity contribution is -0.137. The second-order valence-corrected chi connectivity index (χ2v) is 7.08. The van der Waals surface area contributed by atoms with E-state index in [4.69, 9.17) is 4.74 Å². The van der Waals surface area contributed by atoms with Crippen molar-refractivity contribution in [3.8, 4) is 23.0 Å². The Morgan fingerprint density at radius 2 is 1.97 bits per heavy atom. The van der Waals surface area contributed by atoms with Gasteiger partial charge in [0, 0.05) is 36.0 Å². The summed E-state index contributed by atoms with van der Waals surface area (Å²) in [6.45, 7) is 2.47. The van der Waals surface area contributed by atoms with Crippen molar-refractivity contribution >= 4 is 0 Å². The fraction of sp³-hybridized carbons (Fsp3) is 0.333. The van der Waals surface area contributed by atoms with Crippen molar-refractivity contribution < 1.29 is 17.9 Å². The summed E-state index contributed by atoms with van der Waals surface area (Å²) < 4.78 is 45.5. The SMILES string of the molecule is CCn1nc(-c2cccc(C3(NC)CC3)c2)cc1Oc1ccc(C(F)(F)F)cn1. The van der Waals surface area contributed by atoms with Gasteiger partial charge in [0.1, 0.15) is 0 Å². The Labute approximate surface area is 166 Å². The molecule has 3 aromatic rings. The van der Waals surface area contributed by atoms with Crippen LogP contribution in [0.4, 0.5) is 13.2 Å². The molecule has 29 heavy (non-hydrogen) atoms. The summed E-state index contributed by atoms with van der Waals surface area (Å²) in [7, 11) is 1.97. The van der Waals surface area contributed by atoms with Crippen LogP contribution in [0.25, 0.3) is 11.3 Å². The number of halogens is 3. The Morgan fingerprint density at radius 3 is 2.55 bits per heavy atom. The molecule has 4 rings (SSSR count). The van der Waals surface area contributed by atoms with Crippen LogP contribution in [-0.2, 0) is 18.3 Å². The zero-order valence-electron chi connectivity index (χ0n) is 16.1. The van der Waals surface area contributed by atoms with Crippen LogP contribution in [0, 0.1) is 0 Å². The average Bonchev–Trinajstić information content (AvgIpc) is 3.42. The second kappa shape index (κ2) is 7.18. The Kier molecular flexibility index (Phi) is 4.82. The van der Waals surface area contributed by atoms with Gasteiger partial charge in [0.2, 0.25) is 11.8 Å². The molecule has 1 saturated carbocycles. The summed E-state index contributed by atoms with van der Waals surface area (Å²) in [5, 5.41) is 7.97. The van der Waals surface area contributed by atoms with Gasteiger partial charge in [-0.05, 0) is 44.5 Å². The molecule has 0 aliphatic heterocycles. The third kappa shape index (κ3) is 3.85. The molecule has 0 bridgehead atoms. The minimum atomic E-state index is -4.43. The van der Waals surface area contributed by atoms with Crippen LogP contribution >= 0.6 is 0 Å². The molecule has 1 aliphatic rings. The second-order valence-electron chi connectivity index (χ2n) is 7.08.